The van der Waals surface area contributed by atoms with Crippen LogP contribution in [-0.4, -0.2) is 44.0 Å². The maximum Gasteiger partial charge on any atom is 0.220 e. The van der Waals surface area contributed by atoms with Crippen molar-refractivity contribution >= 4 is 15.9 Å². The molecule has 1 heterocycles. The van der Waals surface area contributed by atoms with Crippen LogP contribution < -0.4 is 5.32 Å². The number of rotatable bonds is 7. The van der Waals surface area contributed by atoms with E-state index in [0.717, 1.165) is 19.3 Å². The molecule has 1 N–H and O–H groups in total. The number of nitrogens with zero attached hydrogens (tertiary/aromatic N) is 1. The Kier molecular flexibility index (Phi) is 6.59. The average Bonchev–Trinajstić information content (AvgIpc) is 2.50. The number of hydrogen-bond donors (Lipinski definition) is 1. The molecule has 128 valence electrons. The summed E-state index contributed by atoms with van der Waals surface area (Å²) in [6, 6.07) is 8.16. The zero-order valence-corrected chi connectivity index (χ0v) is 14.6. The van der Waals surface area contributed by atoms with Crippen LogP contribution in [0.15, 0.2) is 24.3 Å². The van der Waals surface area contributed by atoms with Gasteiger partial charge < -0.3 is 5.32 Å². The summed E-state index contributed by atoms with van der Waals surface area (Å²) in [5, 5.41) is 2.87. The van der Waals surface area contributed by atoms with Crippen molar-refractivity contribution in [3.8, 4) is 0 Å². The summed E-state index contributed by atoms with van der Waals surface area (Å²) in [7, 11) is -3.05. The van der Waals surface area contributed by atoms with Crippen LogP contribution >= 0.6 is 0 Å². The zero-order valence-electron chi connectivity index (χ0n) is 13.8. The Morgan fingerprint density at radius 2 is 2.13 bits per heavy atom. The Bertz CT molecular complexity index is 628. The van der Waals surface area contributed by atoms with Crippen LogP contribution in [-0.2, 0) is 21.2 Å². The van der Waals surface area contributed by atoms with E-state index in [1.807, 2.05) is 25.1 Å². The number of amides is 1. The van der Waals surface area contributed by atoms with Crippen LogP contribution in [0.2, 0.25) is 0 Å². The Labute approximate surface area is 139 Å². The molecule has 23 heavy (non-hydrogen) atoms. The molecule has 1 amide bonds. The lowest BCUT2D eigenvalue weighted by Crippen LogP contribution is -2.39. The predicted octanol–water partition coefficient (Wildman–Crippen LogP) is 1.86. The lowest BCUT2D eigenvalue weighted by molar-refractivity contribution is -0.121. The van der Waals surface area contributed by atoms with Crippen LogP contribution in [0, 0.1) is 6.92 Å². The Hall–Kier alpha value is -1.40. The molecular formula is C17H26N2O3S. The molecule has 0 atom stereocenters. The molecule has 0 bridgehead atoms. The van der Waals surface area contributed by atoms with Gasteiger partial charge in [-0.15, -0.1) is 0 Å². The highest BCUT2D eigenvalue weighted by Gasteiger charge is 2.24. The van der Waals surface area contributed by atoms with Gasteiger partial charge in [0.2, 0.25) is 15.9 Å². The standard InChI is InChI=1S/C17H26N2O3S/c1-15-6-4-7-16(14-15)8-9-17(20)18-10-5-12-19-11-2-3-13-23(19,21)22/h4,6-7,14H,2-3,5,8-13H2,1H3,(H,18,20). The molecule has 1 aromatic carbocycles. The summed E-state index contributed by atoms with van der Waals surface area (Å²) in [5.41, 5.74) is 2.37. The average molecular weight is 338 g/mol. The number of benzene rings is 1. The molecular weight excluding hydrogens is 312 g/mol. The van der Waals surface area contributed by atoms with Gasteiger partial charge in [0.15, 0.2) is 0 Å². The summed E-state index contributed by atoms with van der Waals surface area (Å²) in [6.07, 6.45) is 3.55. The van der Waals surface area contributed by atoms with Crippen molar-refractivity contribution in [2.24, 2.45) is 0 Å². The summed E-state index contributed by atoms with van der Waals surface area (Å²) >= 11 is 0. The van der Waals surface area contributed by atoms with Crippen LogP contribution in [0.3, 0.4) is 0 Å². The van der Waals surface area contributed by atoms with E-state index in [9.17, 15) is 13.2 Å². The van der Waals surface area contributed by atoms with Crippen LogP contribution in [0.5, 0.6) is 0 Å². The second-order valence-corrected chi connectivity index (χ2v) is 8.20. The van der Waals surface area contributed by atoms with Crippen molar-refractivity contribution in [2.75, 3.05) is 25.4 Å². The first-order chi connectivity index (χ1) is 11.0. The van der Waals surface area contributed by atoms with Gasteiger partial charge in [-0.05, 0) is 38.2 Å². The van der Waals surface area contributed by atoms with Crippen LogP contribution in [0.1, 0.15) is 36.8 Å². The number of carbonyl (C=O) groups excluding carboxylic acids is 1. The molecule has 0 aliphatic carbocycles. The van der Waals surface area contributed by atoms with Gasteiger partial charge in [0.05, 0.1) is 5.75 Å². The highest BCUT2D eigenvalue weighted by molar-refractivity contribution is 7.89. The molecule has 0 spiro atoms. The van der Waals surface area contributed by atoms with Crippen molar-refractivity contribution in [1.29, 1.82) is 0 Å². The monoisotopic (exact) mass is 338 g/mol. The lowest BCUT2D eigenvalue weighted by atomic mass is 10.1. The highest BCUT2D eigenvalue weighted by Crippen LogP contribution is 2.13. The normalized spacial score (nSPS) is 17.8. The predicted molar refractivity (Wildman–Crippen MR) is 91.7 cm³/mol. The molecule has 1 fully saturated rings. The van der Waals surface area contributed by atoms with Crippen molar-refractivity contribution in [3.63, 3.8) is 0 Å². The quantitative estimate of drug-likeness (QED) is 0.772. The van der Waals surface area contributed by atoms with Gasteiger partial charge in [0.25, 0.3) is 0 Å². The second-order valence-electron chi connectivity index (χ2n) is 6.11. The van der Waals surface area contributed by atoms with E-state index in [4.69, 9.17) is 0 Å². The van der Waals surface area contributed by atoms with E-state index in [1.54, 1.807) is 4.31 Å². The Morgan fingerprint density at radius 3 is 2.87 bits per heavy atom. The van der Waals surface area contributed by atoms with E-state index >= 15 is 0 Å². The smallest absolute Gasteiger partial charge is 0.220 e. The SMILES string of the molecule is Cc1cccc(CCC(=O)NCCCN2CCCCS2(=O)=O)c1. The first-order valence-electron chi connectivity index (χ1n) is 8.27. The number of carbonyl (C=O) groups is 1. The molecule has 0 radical (unpaired) electrons. The topological polar surface area (TPSA) is 66.5 Å². The van der Waals surface area contributed by atoms with Gasteiger partial charge >= 0.3 is 0 Å². The molecule has 0 saturated carbocycles. The molecule has 1 aromatic rings. The first kappa shape index (κ1) is 17.9. The van der Waals surface area contributed by atoms with Gasteiger partial charge in [0.1, 0.15) is 0 Å². The van der Waals surface area contributed by atoms with Crippen molar-refractivity contribution in [1.82, 2.24) is 9.62 Å². The fourth-order valence-electron chi connectivity index (χ4n) is 2.79. The maximum atomic E-state index is 11.8. The van der Waals surface area contributed by atoms with E-state index in [-0.39, 0.29) is 11.7 Å². The fourth-order valence-corrected chi connectivity index (χ4v) is 4.43. The third-order valence-electron chi connectivity index (χ3n) is 4.08. The van der Waals surface area contributed by atoms with E-state index in [0.29, 0.717) is 32.5 Å². The largest absolute Gasteiger partial charge is 0.356 e. The lowest BCUT2D eigenvalue weighted by Gasteiger charge is -2.26. The first-order valence-corrected chi connectivity index (χ1v) is 9.88. The highest BCUT2D eigenvalue weighted by atomic mass is 32.2. The molecule has 0 unspecified atom stereocenters. The van der Waals surface area contributed by atoms with Crippen molar-refractivity contribution in [2.45, 2.75) is 39.0 Å². The van der Waals surface area contributed by atoms with E-state index < -0.39 is 10.0 Å². The van der Waals surface area contributed by atoms with Gasteiger partial charge in [-0.1, -0.05) is 29.8 Å². The van der Waals surface area contributed by atoms with Crippen LogP contribution in [0.25, 0.3) is 0 Å². The van der Waals surface area contributed by atoms with Crippen LogP contribution in [0.4, 0.5) is 0 Å². The van der Waals surface area contributed by atoms with Gasteiger partial charge in [0, 0.05) is 26.1 Å². The molecule has 1 aliphatic rings. The van der Waals surface area contributed by atoms with Crippen molar-refractivity contribution < 1.29 is 13.2 Å². The molecule has 6 heteroatoms. The Balaban J connectivity index is 1.63. The number of aryl methyl sites for hydroxylation is 2. The third kappa shape index (κ3) is 5.95. The van der Waals surface area contributed by atoms with Gasteiger partial charge in [-0.25, -0.2) is 12.7 Å². The maximum absolute atomic E-state index is 11.8. The summed E-state index contributed by atoms with van der Waals surface area (Å²) in [6.45, 7) is 3.68. The molecule has 1 aliphatic heterocycles. The molecule has 5 nitrogen and oxygen atoms in total. The van der Waals surface area contributed by atoms with E-state index in [1.165, 1.54) is 11.1 Å². The molecule has 2 rings (SSSR count). The summed E-state index contributed by atoms with van der Waals surface area (Å²) in [5.74, 6) is 0.281. The van der Waals surface area contributed by atoms with Gasteiger partial charge in [-0.3, -0.25) is 4.79 Å². The molecule has 0 aromatic heterocycles. The minimum absolute atomic E-state index is 0.0213. The zero-order chi connectivity index (χ0) is 16.7. The van der Waals surface area contributed by atoms with E-state index in [2.05, 4.69) is 11.4 Å². The fraction of sp³-hybridized carbons (Fsp3) is 0.588. The second kappa shape index (κ2) is 8.45. The van der Waals surface area contributed by atoms with Gasteiger partial charge in [-0.2, -0.15) is 0 Å². The number of nitrogens with one attached hydrogen (secondary N) is 1. The minimum Gasteiger partial charge on any atom is -0.356 e. The Morgan fingerprint density at radius 1 is 1.30 bits per heavy atom. The number of sulfonamides is 1. The number of hydrogen-bond acceptors (Lipinski definition) is 3. The minimum atomic E-state index is -3.05. The summed E-state index contributed by atoms with van der Waals surface area (Å²) in [4.78, 5) is 11.8. The summed E-state index contributed by atoms with van der Waals surface area (Å²) < 4.78 is 25.2. The molecule has 1 saturated heterocycles. The third-order valence-corrected chi connectivity index (χ3v) is 6.04. The van der Waals surface area contributed by atoms with Crippen molar-refractivity contribution in [3.05, 3.63) is 35.4 Å².